The molecule has 0 aromatic carbocycles. The number of hydrogen-bond donors (Lipinski definition) is 1. The summed E-state index contributed by atoms with van der Waals surface area (Å²) in [6.07, 6.45) is -1.23. The molecular weight excluding hydrogens is 271 g/mol. The number of anilines is 1. The lowest BCUT2D eigenvalue weighted by atomic mass is 9.98. The molecule has 0 radical (unpaired) electrons. The first-order valence-electron chi connectivity index (χ1n) is 6.52. The lowest BCUT2D eigenvalue weighted by Gasteiger charge is -2.40. The van der Waals surface area contributed by atoms with Crippen molar-refractivity contribution in [2.75, 3.05) is 18.0 Å². The number of hydrogen-bond acceptors (Lipinski definition) is 3. The van der Waals surface area contributed by atoms with E-state index in [0.717, 1.165) is 25.1 Å². The fraction of sp³-hybridized carbons (Fsp3) is 0.538. The van der Waals surface area contributed by atoms with Crippen molar-refractivity contribution in [3.05, 3.63) is 24.0 Å². The van der Waals surface area contributed by atoms with Crippen molar-refractivity contribution in [3.8, 4) is 0 Å². The van der Waals surface area contributed by atoms with Crippen LogP contribution in [0.15, 0.2) is 18.3 Å². The number of rotatable bonds is 3. The van der Waals surface area contributed by atoms with Crippen LogP contribution in [0.2, 0.25) is 0 Å². The minimum absolute atomic E-state index is 0.00820. The van der Waals surface area contributed by atoms with Crippen LogP contribution in [0.25, 0.3) is 0 Å². The van der Waals surface area contributed by atoms with Gasteiger partial charge in [0.1, 0.15) is 5.69 Å². The first kappa shape index (κ1) is 13.2. The summed E-state index contributed by atoms with van der Waals surface area (Å²) in [5, 5.41) is 2.91. The van der Waals surface area contributed by atoms with Crippen molar-refractivity contribution in [1.29, 1.82) is 0 Å². The molecule has 1 saturated heterocycles. The van der Waals surface area contributed by atoms with Crippen LogP contribution in [0, 0.1) is 5.92 Å². The number of carbonyl (C=O) groups excluding carboxylic acids is 1. The van der Waals surface area contributed by atoms with E-state index in [1.807, 2.05) is 0 Å². The van der Waals surface area contributed by atoms with E-state index in [4.69, 9.17) is 0 Å². The van der Waals surface area contributed by atoms with Crippen LogP contribution < -0.4 is 10.2 Å². The van der Waals surface area contributed by atoms with Gasteiger partial charge in [-0.1, -0.05) is 0 Å². The number of carbonyl (C=O) groups is 1. The molecule has 0 bridgehead atoms. The molecule has 2 fully saturated rings. The van der Waals surface area contributed by atoms with Gasteiger partial charge in [0.25, 0.3) is 0 Å². The number of nitrogens with one attached hydrogen (secondary N) is 1. The maximum absolute atomic E-state index is 12.6. The molecule has 1 amide bonds. The average molecular weight is 285 g/mol. The van der Waals surface area contributed by atoms with E-state index < -0.39 is 11.9 Å². The van der Waals surface area contributed by atoms with Crippen molar-refractivity contribution >= 4 is 11.6 Å². The lowest BCUT2D eigenvalue weighted by molar-refractivity contribution is -0.141. The number of alkyl halides is 3. The summed E-state index contributed by atoms with van der Waals surface area (Å²) in [6, 6.07) is 2.87. The molecule has 1 aliphatic carbocycles. The Morgan fingerprint density at radius 3 is 2.65 bits per heavy atom. The Labute approximate surface area is 114 Å². The van der Waals surface area contributed by atoms with Gasteiger partial charge in [-0.3, -0.25) is 9.78 Å². The van der Waals surface area contributed by atoms with Crippen molar-refractivity contribution in [1.82, 2.24) is 10.3 Å². The summed E-state index contributed by atoms with van der Waals surface area (Å²) in [4.78, 5) is 16.8. The number of amides is 1. The van der Waals surface area contributed by atoms with E-state index in [0.29, 0.717) is 24.8 Å². The monoisotopic (exact) mass is 285 g/mol. The van der Waals surface area contributed by atoms with Gasteiger partial charge in [0, 0.05) is 31.0 Å². The second kappa shape index (κ2) is 4.64. The van der Waals surface area contributed by atoms with Gasteiger partial charge in [-0.15, -0.1) is 0 Å². The minimum Gasteiger partial charge on any atom is -0.370 e. The van der Waals surface area contributed by atoms with Crippen molar-refractivity contribution in [2.24, 2.45) is 5.92 Å². The summed E-state index contributed by atoms with van der Waals surface area (Å²) in [6.45, 7) is 0.916. The Morgan fingerprint density at radius 1 is 1.35 bits per heavy atom. The largest absolute Gasteiger partial charge is 0.433 e. The number of halogens is 3. The molecule has 2 aliphatic rings. The van der Waals surface area contributed by atoms with Gasteiger partial charge in [-0.2, -0.15) is 13.2 Å². The smallest absolute Gasteiger partial charge is 0.370 e. The zero-order valence-electron chi connectivity index (χ0n) is 10.7. The Morgan fingerprint density at radius 2 is 2.05 bits per heavy atom. The predicted molar refractivity (Wildman–Crippen MR) is 66.1 cm³/mol. The van der Waals surface area contributed by atoms with Crippen LogP contribution in [0.3, 0.4) is 0 Å². The van der Waals surface area contributed by atoms with Gasteiger partial charge >= 0.3 is 6.18 Å². The summed E-state index contributed by atoms with van der Waals surface area (Å²) >= 11 is 0. The van der Waals surface area contributed by atoms with Crippen LogP contribution in [-0.2, 0) is 11.0 Å². The third-order valence-corrected chi connectivity index (χ3v) is 3.58. The zero-order chi connectivity index (χ0) is 14.3. The molecule has 0 atom stereocenters. The second-order valence-electron chi connectivity index (χ2n) is 5.28. The van der Waals surface area contributed by atoms with E-state index in [1.54, 1.807) is 4.90 Å². The highest BCUT2D eigenvalue weighted by atomic mass is 19.4. The highest BCUT2D eigenvalue weighted by Gasteiger charge is 2.37. The van der Waals surface area contributed by atoms with Crippen molar-refractivity contribution in [2.45, 2.75) is 25.1 Å². The molecule has 1 aliphatic heterocycles. The third-order valence-electron chi connectivity index (χ3n) is 3.58. The predicted octanol–water partition coefficient (Wildman–Crippen LogP) is 1.82. The Balaban J connectivity index is 1.60. The van der Waals surface area contributed by atoms with Gasteiger partial charge in [-0.05, 0) is 25.0 Å². The summed E-state index contributed by atoms with van der Waals surface area (Å²) in [5.41, 5.74) is -0.441. The van der Waals surface area contributed by atoms with E-state index in [2.05, 4.69) is 10.3 Å². The molecule has 2 heterocycles. The second-order valence-corrected chi connectivity index (χ2v) is 5.28. The summed E-state index contributed by atoms with van der Waals surface area (Å²) in [5.74, 6) is -0.119. The van der Waals surface area contributed by atoms with Crippen molar-refractivity contribution < 1.29 is 18.0 Å². The quantitative estimate of drug-likeness (QED) is 0.921. The van der Waals surface area contributed by atoms with Crippen LogP contribution in [0.1, 0.15) is 18.5 Å². The van der Waals surface area contributed by atoms with E-state index in [1.165, 1.54) is 6.07 Å². The topological polar surface area (TPSA) is 45.2 Å². The molecule has 3 rings (SSSR count). The maximum Gasteiger partial charge on any atom is 0.433 e. The van der Waals surface area contributed by atoms with Gasteiger partial charge in [0.2, 0.25) is 5.91 Å². The molecule has 1 aromatic rings. The van der Waals surface area contributed by atoms with Gasteiger partial charge in [0.15, 0.2) is 0 Å². The summed E-state index contributed by atoms with van der Waals surface area (Å²) in [7, 11) is 0. The van der Waals surface area contributed by atoms with Gasteiger partial charge in [0.05, 0.1) is 5.92 Å². The van der Waals surface area contributed by atoms with Gasteiger partial charge < -0.3 is 10.2 Å². The standard InChI is InChI=1S/C13H14F3N3O/c14-13(15,16)11-5-10(3-4-17-11)19-6-8(7-19)12(20)18-9-1-2-9/h3-5,8-9H,1-2,6-7H2,(H,18,20). The highest BCUT2D eigenvalue weighted by Crippen LogP contribution is 2.32. The molecule has 1 saturated carbocycles. The highest BCUT2D eigenvalue weighted by molar-refractivity contribution is 5.82. The van der Waals surface area contributed by atoms with E-state index in [-0.39, 0.29) is 11.8 Å². The lowest BCUT2D eigenvalue weighted by Crippen LogP contribution is -2.54. The molecule has 108 valence electrons. The Kier molecular flexibility index (Phi) is 3.07. The Hall–Kier alpha value is -1.79. The average Bonchev–Trinajstić information content (AvgIpc) is 3.10. The molecule has 0 unspecified atom stereocenters. The number of aromatic nitrogens is 1. The normalized spacial score (nSPS) is 19.6. The fourth-order valence-corrected chi connectivity index (χ4v) is 2.17. The minimum atomic E-state index is -4.44. The summed E-state index contributed by atoms with van der Waals surface area (Å²) < 4.78 is 37.7. The molecule has 4 nitrogen and oxygen atoms in total. The Bertz CT molecular complexity index is 522. The van der Waals surface area contributed by atoms with Gasteiger partial charge in [-0.25, -0.2) is 0 Å². The molecule has 0 spiro atoms. The van der Waals surface area contributed by atoms with Crippen LogP contribution in [0.4, 0.5) is 18.9 Å². The fourth-order valence-electron chi connectivity index (χ4n) is 2.17. The number of pyridine rings is 1. The third kappa shape index (κ3) is 2.71. The molecule has 1 N–H and O–H groups in total. The SMILES string of the molecule is O=C(NC1CC1)C1CN(c2ccnc(C(F)(F)F)c2)C1. The van der Waals surface area contributed by atoms with Crippen LogP contribution in [0.5, 0.6) is 0 Å². The van der Waals surface area contributed by atoms with Crippen molar-refractivity contribution in [3.63, 3.8) is 0 Å². The number of nitrogens with zero attached hydrogens (tertiary/aromatic N) is 2. The van der Waals surface area contributed by atoms with E-state index in [9.17, 15) is 18.0 Å². The maximum atomic E-state index is 12.6. The van der Waals surface area contributed by atoms with Crippen LogP contribution >= 0.6 is 0 Å². The molecule has 7 heteroatoms. The molecule has 1 aromatic heterocycles. The van der Waals surface area contributed by atoms with E-state index >= 15 is 0 Å². The first-order chi connectivity index (χ1) is 9.43. The zero-order valence-corrected chi connectivity index (χ0v) is 10.7. The first-order valence-corrected chi connectivity index (χ1v) is 6.52. The van der Waals surface area contributed by atoms with Crippen LogP contribution in [-0.4, -0.2) is 30.0 Å². The molecular formula is C13H14F3N3O. The molecule has 20 heavy (non-hydrogen) atoms.